The molecule has 4 nitrogen and oxygen atoms in total. The molecule has 0 unspecified atom stereocenters. The summed E-state index contributed by atoms with van der Waals surface area (Å²) in [5, 5.41) is 3.72. The lowest BCUT2D eigenvalue weighted by atomic mass is 10.1. The van der Waals surface area contributed by atoms with Crippen LogP contribution >= 0.6 is 0 Å². The van der Waals surface area contributed by atoms with Crippen LogP contribution in [0.2, 0.25) is 0 Å². The van der Waals surface area contributed by atoms with E-state index in [0.717, 1.165) is 5.71 Å². The molecule has 3 N–H and O–H groups in total. The maximum absolute atomic E-state index is 10.1. The van der Waals surface area contributed by atoms with E-state index in [0.29, 0.717) is 5.92 Å². The van der Waals surface area contributed by atoms with E-state index in [1.54, 1.807) is 0 Å². The summed E-state index contributed by atoms with van der Waals surface area (Å²) in [4.78, 5) is 10.1. The minimum Gasteiger partial charge on any atom is -0.350 e. The Labute approximate surface area is 60.5 Å². The third kappa shape index (κ3) is 3.88. The summed E-state index contributed by atoms with van der Waals surface area (Å²) in [5.41, 5.74) is 7.80. The molecule has 2 amide bonds. The molecule has 0 radical (unpaired) electrons. The van der Waals surface area contributed by atoms with Crippen LogP contribution in [0, 0.1) is 5.92 Å². The van der Waals surface area contributed by atoms with Gasteiger partial charge in [0.15, 0.2) is 0 Å². The highest BCUT2D eigenvalue weighted by Crippen LogP contribution is 1.93. The second-order valence-corrected chi connectivity index (χ2v) is 2.38. The smallest absolute Gasteiger partial charge is 0.332 e. The van der Waals surface area contributed by atoms with Crippen LogP contribution in [0.4, 0.5) is 4.79 Å². The number of nitrogens with zero attached hydrogens (tertiary/aromatic N) is 1. The lowest BCUT2D eigenvalue weighted by molar-refractivity contribution is 0.249. The lowest BCUT2D eigenvalue weighted by Crippen LogP contribution is -2.26. The van der Waals surface area contributed by atoms with E-state index in [1.165, 1.54) is 0 Å². The average Bonchev–Trinajstić information content (AvgIpc) is 1.82. The van der Waals surface area contributed by atoms with Crippen molar-refractivity contribution in [3.05, 3.63) is 0 Å². The highest BCUT2D eigenvalue weighted by Gasteiger charge is 1.96. The Morgan fingerprint density at radius 2 is 2.10 bits per heavy atom. The van der Waals surface area contributed by atoms with Crippen LogP contribution in [0.3, 0.4) is 0 Å². The van der Waals surface area contributed by atoms with Crippen LogP contribution in [-0.2, 0) is 0 Å². The zero-order valence-corrected chi connectivity index (χ0v) is 6.51. The van der Waals surface area contributed by atoms with Crippen LogP contribution in [-0.4, -0.2) is 11.7 Å². The van der Waals surface area contributed by atoms with Crippen molar-refractivity contribution >= 4 is 11.7 Å². The zero-order valence-electron chi connectivity index (χ0n) is 6.51. The molecule has 0 aliphatic heterocycles. The molecule has 0 aromatic rings. The van der Waals surface area contributed by atoms with Crippen molar-refractivity contribution in [3.63, 3.8) is 0 Å². The number of hydrogen-bond donors (Lipinski definition) is 2. The van der Waals surface area contributed by atoms with Gasteiger partial charge < -0.3 is 5.73 Å². The number of nitrogens with one attached hydrogen (secondary N) is 1. The lowest BCUT2D eigenvalue weighted by Gasteiger charge is -2.01. The Morgan fingerprint density at radius 1 is 1.60 bits per heavy atom. The monoisotopic (exact) mass is 143 g/mol. The van der Waals surface area contributed by atoms with Gasteiger partial charge in [-0.1, -0.05) is 13.8 Å². The second-order valence-electron chi connectivity index (χ2n) is 2.38. The Balaban J connectivity index is 3.80. The topological polar surface area (TPSA) is 67.5 Å². The van der Waals surface area contributed by atoms with Gasteiger partial charge in [0.2, 0.25) is 0 Å². The van der Waals surface area contributed by atoms with Crippen LogP contribution < -0.4 is 11.2 Å². The van der Waals surface area contributed by atoms with E-state index >= 15 is 0 Å². The van der Waals surface area contributed by atoms with Gasteiger partial charge in [0.05, 0.1) is 0 Å². The molecule has 4 heteroatoms. The minimum atomic E-state index is -0.625. The van der Waals surface area contributed by atoms with Gasteiger partial charge in [-0.25, -0.2) is 10.2 Å². The van der Waals surface area contributed by atoms with E-state index in [1.807, 2.05) is 20.8 Å². The predicted molar refractivity (Wildman–Crippen MR) is 40.7 cm³/mol. The summed E-state index contributed by atoms with van der Waals surface area (Å²) < 4.78 is 0. The average molecular weight is 143 g/mol. The van der Waals surface area contributed by atoms with Crippen molar-refractivity contribution < 1.29 is 4.79 Å². The van der Waals surface area contributed by atoms with Crippen LogP contribution in [0.25, 0.3) is 0 Å². The molecule has 0 rings (SSSR count). The fraction of sp³-hybridized carbons (Fsp3) is 0.667. The summed E-state index contributed by atoms with van der Waals surface area (Å²) in [6.07, 6.45) is 0. The van der Waals surface area contributed by atoms with Crippen molar-refractivity contribution in [1.82, 2.24) is 5.43 Å². The minimum absolute atomic E-state index is 0.340. The first-order valence-corrected chi connectivity index (χ1v) is 3.13. The van der Waals surface area contributed by atoms with E-state index in [2.05, 4.69) is 10.5 Å². The number of carbonyl (C=O) groups is 1. The molecule has 0 fully saturated rings. The maximum atomic E-state index is 10.1. The highest BCUT2D eigenvalue weighted by molar-refractivity contribution is 5.85. The van der Waals surface area contributed by atoms with Crippen LogP contribution in [0.15, 0.2) is 5.10 Å². The normalized spacial score (nSPS) is 11.8. The first-order valence-electron chi connectivity index (χ1n) is 3.13. The molecule has 0 bridgehead atoms. The first kappa shape index (κ1) is 8.94. The predicted octanol–water partition coefficient (Wildman–Crippen LogP) is 0.687. The van der Waals surface area contributed by atoms with Crippen molar-refractivity contribution in [2.45, 2.75) is 20.8 Å². The van der Waals surface area contributed by atoms with Gasteiger partial charge in [-0.2, -0.15) is 5.10 Å². The fourth-order valence-corrected chi connectivity index (χ4v) is 0.272. The van der Waals surface area contributed by atoms with Gasteiger partial charge in [0, 0.05) is 5.71 Å². The Morgan fingerprint density at radius 3 is 2.40 bits per heavy atom. The summed E-state index contributed by atoms with van der Waals surface area (Å²) in [6.45, 7) is 5.81. The van der Waals surface area contributed by atoms with E-state index < -0.39 is 6.03 Å². The Kier molecular flexibility index (Phi) is 3.46. The van der Waals surface area contributed by atoms with Crippen LogP contribution in [0.5, 0.6) is 0 Å². The first-order chi connectivity index (χ1) is 4.54. The van der Waals surface area contributed by atoms with Crippen molar-refractivity contribution in [2.24, 2.45) is 16.8 Å². The summed E-state index contributed by atoms with van der Waals surface area (Å²) in [6, 6.07) is -0.625. The SMILES string of the molecule is CC(=NNC(N)=O)C(C)C. The number of rotatable bonds is 2. The van der Waals surface area contributed by atoms with Gasteiger partial charge in [-0.15, -0.1) is 0 Å². The molecule has 0 spiro atoms. The van der Waals surface area contributed by atoms with Gasteiger partial charge in [0.25, 0.3) is 0 Å². The Hall–Kier alpha value is -1.06. The maximum Gasteiger partial charge on any atom is 0.332 e. The van der Waals surface area contributed by atoms with Crippen LogP contribution in [0.1, 0.15) is 20.8 Å². The molecule has 0 saturated carbocycles. The van der Waals surface area contributed by atoms with Crippen molar-refractivity contribution in [2.75, 3.05) is 0 Å². The number of amides is 2. The molecule has 0 aromatic carbocycles. The Bertz CT molecular complexity index is 151. The number of hydrazone groups is 1. The number of carbonyl (C=O) groups excluding carboxylic acids is 1. The summed E-state index contributed by atoms with van der Waals surface area (Å²) >= 11 is 0. The van der Waals surface area contributed by atoms with Crippen molar-refractivity contribution in [1.29, 1.82) is 0 Å². The van der Waals surface area contributed by atoms with Gasteiger partial charge >= 0.3 is 6.03 Å². The van der Waals surface area contributed by atoms with E-state index in [-0.39, 0.29) is 0 Å². The van der Waals surface area contributed by atoms with Gasteiger partial charge in [0.1, 0.15) is 0 Å². The summed E-state index contributed by atoms with van der Waals surface area (Å²) in [5.74, 6) is 0.340. The molecule has 0 aliphatic rings. The third-order valence-electron chi connectivity index (χ3n) is 1.18. The molecular weight excluding hydrogens is 130 g/mol. The van der Waals surface area contributed by atoms with E-state index in [4.69, 9.17) is 5.73 Å². The van der Waals surface area contributed by atoms with Crippen molar-refractivity contribution in [3.8, 4) is 0 Å². The number of urea groups is 1. The van der Waals surface area contributed by atoms with Gasteiger partial charge in [-0.3, -0.25) is 0 Å². The molecule has 0 heterocycles. The molecule has 0 aliphatic carbocycles. The largest absolute Gasteiger partial charge is 0.350 e. The third-order valence-corrected chi connectivity index (χ3v) is 1.18. The zero-order chi connectivity index (χ0) is 8.15. The summed E-state index contributed by atoms with van der Waals surface area (Å²) in [7, 11) is 0. The molecule has 0 aromatic heterocycles. The number of nitrogens with two attached hydrogens (primary N) is 1. The van der Waals surface area contributed by atoms with E-state index in [9.17, 15) is 4.79 Å². The fourth-order valence-electron chi connectivity index (χ4n) is 0.272. The molecule has 0 saturated heterocycles. The number of hydrogen-bond acceptors (Lipinski definition) is 2. The highest BCUT2D eigenvalue weighted by atomic mass is 16.2. The number of primary amides is 1. The standard InChI is InChI=1S/C6H13N3O/c1-4(2)5(3)8-9-6(7)10/h4H,1-3H3,(H3,7,9,10). The molecule has 58 valence electrons. The van der Waals surface area contributed by atoms with Gasteiger partial charge in [-0.05, 0) is 12.8 Å². The molecule has 0 atom stereocenters. The molecular formula is C6H13N3O. The second kappa shape index (κ2) is 3.87. The quantitative estimate of drug-likeness (QED) is 0.433. The molecule has 10 heavy (non-hydrogen) atoms.